The molecule has 0 radical (unpaired) electrons. The Kier molecular flexibility index (Phi) is 5.60. The Labute approximate surface area is 185 Å². The third kappa shape index (κ3) is 4.50. The van der Waals surface area contributed by atoms with Gasteiger partial charge in [-0.3, -0.25) is 4.79 Å². The van der Waals surface area contributed by atoms with Crippen molar-refractivity contribution in [1.82, 2.24) is 4.98 Å². The molecular formula is C22H20ClN3O4S. The maximum atomic E-state index is 12.7. The van der Waals surface area contributed by atoms with E-state index in [2.05, 4.69) is 10.3 Å². The van der Waals surface area contributed by atoms with Gasteiger partial charge >= 0.3 is 0 Å². The maximum absolute atomic E-state index is 12.7. The highest BCUT2D eigenvalue weighted by atomic mass is 35.5. The van der Waals surface area contributed by atoms with Crippen molar-refractivity contribution in [1.29, 1.82) is 0 Å². The standard InChI is InChI=1S/C22H20ClN3O4S/c1-13(30-19-11-17(23)12-25-21(19)24)14-3-2-4-18(10-14)26-22(27)16-5-6-20-15(9-16)7-8-31(20,28)29/h2-6,9-13H,7-8H2,1H3,(H2,24,25)(H,26,27)/t13-/m1/s1. The summed E-state index contributed by atoms with van der Waals surface area (Å²) >= 11 is 5.96. The van der Waals surface area contributed by atoms with Gasteiger partial charge in [-0.1, -0.05) is 23.7 Å². The Bertz CT molecular complexity index is 1280. The normalized spacial score (nSPS) is 15.2. The molecule has 31 heavy (non-hydrogen) atoms. The zero-order chi connectivity index (χ0) is 22.2. The molecule has 1 aliphatic rings. The number of nitrogens with two attached hydrogens (primary N) is 1. The van der Waals surface area contributed by atoms with Crippen LogP contribution in [-0.2, 0) is 16.3 Å². The van der Waals surface area contributed by atoms with E-state index < -0.39 is 9.84 Å². The molecule has 7 nitrogen and oxygen atoms in total. The number of nitrogens with zero attached hydrogens (tertiary/aromatic N) is 1. The Morgan fingerprint density at radius 1 is 1.23 bits per heavy atom. The second-order valence-corrected chi connectivity index (χ2v) is 9.78. The third-order valence-electron chi connectivity index (χ3n) is 5.06. The predicted octanol–water partition coefficient (Wildman–Crippen LogP) is 4.04. The summed E-state index contributed by atoms with van der Waals surface area (Å²) in [6.07, 6.45) is 1.49. The number of ether oxygens (including phenoxy) is 1. The number of anilines is 2. The number of fused-ring (bicyclic) bond motifs is 1. The van der Waals surface area contributed by atoms with E-state index in [0.29, 0.717) is 38.9 Å². The van der Waals surface area contributed by atoms with Gasteiger partial charge in [0.2, 0.25) is 0 Å². The van der Waals surface area contributed by atoms with Crippen molar-refractivity contribution >= 4 is 38.9 Å². The second-order valence-electron chi connectivity index (χ2n) is 7.27. The van der Waals surface area contributed by atoms with Crippen LogP contribution in [0.4, 0.5) is 11.5 Å². The lowest BCUT2D eigenvalue weighted by molar-refractivity contribution is 0.102. The molecule has 3 aromatic rings. The number of nitrogens with one attached hydrogen (secondary N) is 1. The van der Waals surface area contributed by atoms with Crippen molar-refractivity contribution < 1.29 is 17.9 Å². The summed E-state index contributed by atoms with van der Waals surface area (Å²) < 4.78 is 29.8. The molecule has 0 aliphatic carbocycles. The molecule has 2 aromatic carbocycles. The minimum absolute atomic E-state index is 0.0833. The average molecular weight is 458 g/mol. The van der Waals surface area contributed by atoms with E-state index >= 15 is 0 Å². The first-order valence-electron chi connectivity index (χ1n) is 9.57. The smallest absolute Gasteiger partial charge is 0.255 e. The van der Waals surface area contributed by atoms with E-state index in [-0.39, 0.29) is 23.6 Å². The number of benzene rings is 2. The molecule has 0 unspecified atom stereocenters. The topological polar surface area (TPSA) is 111 Å². The lowest BCUT2D eigenvalue weighted by Gasteiger charge is -2.17. The number of nitrogen functional groups attached to an aromatic ring is 1. The minimum atomic E-state index is -3.22. The first-order valence-corrected chi connectivity index (χ1v) is 11.6. The van der Waals surface area contributed by atoms with Crippen molar-refractivity contribution in [2.24, 2.45) is 0 Å². The fourth-order valence-electron chi connectivity index (χ4n) is 3.43. The summed E-state index contributed by atoms with van der Waals surface area (Å²) in [4.78, 5) is 17.0. The van der Waals surface area contributed by atoms with Crippen molar-refractivity contribution in [2.75, 3.05) is 16.8 Å². The maximum Gasteiger partial charge on any atom is 0.255 e. The van der Waals surface area contributed by atoms with E-state index in [0.717, 1.165) is 5.56 Å². The Morgan fingerprint density at radius 2 is 2.03 bits per heavy atom. The van der Waals surface area contributed by atoms with Crippen LogP contribution in [0.1, 0.15) is 34.5 Å². The van der Waals surface area contributed by atoms with Gasteiger partial charge in [-0.05, 0) is 54.8 Å². The molecule has 160 valence electrons. The number of carbonyl (C=O) groups excluding carboxylic acids is 1. The number of rotatable bonds is 5. The summed E-state index contributed by atoms with van der Waals surface area (Å²) in [5.74, 6) is 0.378. The van der Waals surface area contributed by atoms with Crippen LogP contribution in [0, 0.1) is 0 Å². The zero-order valence-corrected chi connectivity index (χ0v) is 18.2. The van der Waals surface area contributed by atoms with E-state index in [1.807, 2.05) is 13.0 Å². The molecule has 1 aliphatic heterocycles. The van der Waals surface area contributed by atoms with E-state index in [1.54, 1.807) is 30.3 Å². The van der Waals surface area contributed by atoms with Crippen LogP contribution in [0.15, 0.2) is 59.6 Å². The highest BCUT2D eigenvalue weighted by molar-refractivity contribution is 7.91. The number of carbonyl (C=O) groups is 1. The summed E-state index contributed by atoms with van der Waals surface area (Å²) in [6.45, 7) is 1.85. The van der Waals surface area contributed by atoms with Crippen LogP contribution in [0.2, 0.25) is 5.02 Å². The van der Waals surface area contributed by atoms with Gasteiger partial charge in [0.25, 0.3) is 5.91 Å². The number of aryl methyl sites for hydroxylation is 1. The van der Waals surface area contributed by atoms with Crippen molar-refractivity contribution in [3.63, 3.8) is 0 Å². The molecule has 0 fully saturated rings. The molecule has 0 bridgehead atoms. The quantitative estimate of drug-likeness (QED) is 0.598. The monoisotopic (exact) mass is 457 g/mol. The van der Waals surface area contributed by atoms with Crippen LogP contribution >= 0.6 is 11.6 Å². The zero-order valence-electron chi connectivity index (χ0n) is 16.6. The van der Waals surface area contributed by atoms with Gasteiger partial charge in [0.1, 0.15) is 6.10 Å². The van der Waals surface area contributed by atoms with Gasteiger partial charge in [0.15, 0.2) is 21.4 Å². The largest absolute Gasteiger partial charge is 0.482 e. The minimum Gasteiger partial charge on any atom is -0.482 e. The Hall–Kier alpha value is -3.10. The van der Waals surface area contributed by atoms with Crippen LogP contribution in [0.5, 0.6) is 5.75 Å². The van der Waals surface area contributed by atoms with Crippen LogP contribution < -0.4 is 15.8 Å². The molecule has 2 heterocycles. The number of halogens is 1. The third-order valence-corrected chi connectivity index (χ3v) is 7.08. The summed E-state index contributed by atoms with van der Waals surface area (Å²) in [5, 5.41) is 3.26. The summed E-state index contributed by atoms with van der Waals surface area (Å²) in [5.41, 5.74) is 8.33. The van der Waals surface area contributed by atoms with Crippen LogP contribution in [0.3, 0.4) is 0 Å². The van der Waals surface area contributed by atoms with Crippen molar-refractivity contribution in [3.05, 3.63) is 76.4 Å². The number of amides is 1. The first-order chi connectivity index (χ1) is 14.7. The fourth-order valence-corrected chi connectivity index (χ4v) is 5.12. The lowest BCUT2D eigenvalue weighted by atomic mass is 10.1. The van der Waals surface area contributed by atoms with Crippen molar-refractivity contribution in [3.8, 4) is 5.75 Å². The molecule has 9 heteroatoms. The van der Waals surface area contributed by atoms with Gasteiger partial charge in [-0.2, -0.15) is 0 Å². The molecule has 1 amide bonds. The Balaban J connectivity index is 1.50. The van der Waals surface area contributed by atoms with E-state index in [4.69, 9.17) is 22.1 Å². The van der Waals surface area contributed by atoms with Crippen molar-refractivity contribution in [2.45, 2.75) is 24.3 Å². The van der Waals surface area contributed by atoms with Gasteiger partial charge in [-0.25, -0.2) is 13.4 Å². The summed E-state index contributed by atoms with van der Waals surface area (Å²) in [7, 11) is -3.22. The fraction of sp³-hybridized carbons (Fsp3) is 0.182. The molecule has 0 spiro atoms. The van der Waals surface area contributed by atoms with Gasteiger partial charge < -0.3 is 15.8 Å². The molecule has 4 rings (SSSR count). The SMILES string of the molecule is C[C@@H](Oc1cc(Cl)cnc1N)c1cccc(NC(=O)c2ccc3c(c2)CCS3(=O)=O)c1. The number of pyridine rings is 1. The number of sulfone groups is 1. The molecule has 3 N–H and O–H groups in total. The van der Waals surface area contributed by atoms with Crippen LogP contribution in [-0.4, -0.2) is 25.1 Å². The van der Waals surface area contributed by atoms with Gasteiger partial charge in [0, 0.05) is 23.5 Å². The average Bonchev–Trinajstić information content (AvgIpc) is 3.05. The van der Waals surface area contributed by atoms with Crippen LogP contribution in [0.25, 0.3) is 0 Å². The summed E-state index contributed by atoms with van der Waals surface area (Å²) in [6, 6.07) is 13.5. The number of hydrogen-bond acceptors (Lipinski definition) is 6. The predicted molar refractivity (Wildman–Crippen MR) is 119 cm³/mol. The highest BCUT2D eigenvalue weighted by Gasteiger charge is 2.26. The number of aromatic nitrogens is 1. The first kappa shape index (κ1) is 21.1. The lowest BCUT2D eigenvalue weighted by Crippen LogP contribution is -2.13. The molecule has 0 saturated carbocycles. The van der Waals surface area contributed by atoms with Gasteiger partial charge in [0.05, 0.1) is 15.7 Å². The molecule has 1 aromatic heterocycles. The second kappa shape index (κ2) is 8.20. The highest BCUT2D eigenvalue weighted by Crippen LogP contribution is 2.30. The van der Waals surface area contributed by atoms with Gasteiger partial charge in [-0.15, -0.1) is 0 Å². The number of hydrogen-bond donors (Lipinski definition) is 2. The molecule has 1 atom stereocenters. The molecular weight excluding hydrogens is 438 g/mol. The Morgan fingerprint density at radius 3 is 2.84 bits per heavy atom. The van der Waals surface area contributed by atoms with E-state index in [1.165, 1.54) is 18.3 Å². The van der Waals surface area contributed by atoms with E-state index in [9.17, 15) is 13.2 Å². The molecule has 0 saturated heterocycles.